The van der Waals surface area contributed by atoms with Crippen molar-refractivity contribution in [1.29, 1.82) is 0 Å². The molecule has 4 aliphatic carbocycles. The molecule has 0 radical (unpaired) electrons. The van der Waals surface area contributed by atoms with E-state index >= 15 is 0 Å². The lowest BCUT2D eigenvalue weighted by Crippen LogP contribution is -2.62. The molecule has 0 unspecified atom stereocenters. The average Bonchev–Trinajstić information content (AvgIpc) is 3.69. The van der Waals surface area contributed by atoms with Gasteiger partial charge in [-0.1, -0.05) is 133 Å². The van der Waals surface area contributed by atoms with Crippen molar-refractivity contribution in [3.05, 3.63) is 136 Å². The lowest BCUT2D eigenvalue weighted by atomic mass is 9.33. The Hall–Kier alpha value is -4.80. The predicted molar refractivity (Wildman–Crippen MR) is 310 cm³/mol. The Balaban J connectivity index is 1.16. The standard InChI is InChI=1S/C67H77BN2S/c1-40-19-17-18-22-54(40)70-55-35-45-44-34-48-51(67(12,13)30-27-64(48,6)7)38-59(44)71-60(45)39-53(55)68-52-36-49-50(66(10,11)29-28-65(49,8)9)37-56(52)69(43-23-24-46-47(33-43)63(4,5)26-25-62(46,2)3)57-31-42(32-58(70)61(57)68)41-20-15-14-16-21-41/h17-19,22-24,31-39,41H,14-16,20-21,25-30H2,1-13H3. The van der Waals surface area contributed by atoms with Crippen LogP contribution < -0.4 is 26.2 Å². The van der Waals surface area contributed by atoms with Gasteiger partial charge in [0.15, 0.2) is 0 Å². The molecule has 71 heavy (non-hydrogen) atoms. The van der Waals surface area contributed by atoms with Crippen molar-refractivity contribution in [2.75, 3.05) is 9.80 Å². The predicted octanol–water partition coefficient (Wildman–Crippen LogP) is 17.5. The number of anilines is 6. The highest BCUT2D eigenvalue weighted by Gasteiger charge is 2.48. The Kier molecular flexibility index (Phi) is 9.82. The normalized spacial score (nSPS) is 21.8. The molecule has 6 aliphatic rings. The summed E-state index contributed by atoms with van der Waals surface area (Å²) in [6.07, 6.45) is 13.7. The quantitative estimate of drug-likeness (QED) is 0.163. The molecular formula is C67H77BN2S. The summed E-state index contributed by atoms with van der Waals surface area (Å²) in [6.45, 7) is 32.4. The van der Waals surface area contributed by atoms with Crippen molar-refractivity contribution in [3.63, 3.8) is 0 Å². The zero-order chi connectivity index (χ0) is 49.5. The maximum Gasteiger partial charge on any atom is 0.252 e. The molecule has 364 valence electrons. The molecule has 1 aromatic heterocycles. The van der Waals surface area contributed by atoms with Crippen molar-refractivity contribution in [2.24, 2.45) is 0 Å². The Morgan fingerprint density at radius 3 is 1.56 bits per heavy atom. The summed E-state index contributed by atoms with van der Waals surface area (Å²) in [4.78, 5) is 5.54. The van der Waals surface area contributed by atoms with Crippen LogP contribution in [-0.4, -0.2) is 6.71 Å². The monoisotopic (exact) mass is 953 g/mol. The Labute approximate surface area is 430 Å². The molecule has 4 heteroatoms. The molecule has 1 saturated carbocycles. The van der Waals surface area contributed by atoms with Gasteiger partial charge in [0.1, 0.15) is 0 Å². The Morgan fingerprint density at radius 2 is 0.930 bits per heavy atom. The molecule has 0 spiro atoms. The van der Waals surface area contributed by atoms with Crippen molar-refractivity contribution < 1.29 is 0 Å². The summed E-state index contributed by atoms with van der Waals surface area (Å²) in [7, 11) is 0. The van der Waals surface area contributed by atoms with Crippen LogP contribution in [0.3, 0.4) is 0 Å². The SMILES string of the molecule is Cc1ccccc1N1c2cc3c(cc2B2c4cc5c(cc4N(c4ccc6c(c4)C(C)(C)CCC6(C)C)c4cc(C6CCCCC6)cc1c42)C(C)(C)CCC5(C)C)sc1cc2c(cc13)C(C)(C)CCC2(C)C. The molecule has 3 heterocycles. The summed E-state index contributed by atoms with van der Waals surface area (Å²) in [5.41, 5.74) is 25.2. The van der Waals surface area contributed by atoms with Crippen LogP contribution in [-0.2, 0) is 32.5 Å². The fraction of sp³-hybridized carbons (Fsp3) is 0.463. The van der Waals surface area contributed by atoms with Crippen LogP contribution in [0.1, 0.15) is 204 Å². The van der Waals surface area contributed by atoms with E-state index in [0.717, 1.165) is 0 Å². The summed E-state index contributed by atoms with van der Waals surface area (Å²) >= 11 is 2.03. The van der Waals surface area contributed by atoms with Gasteiger partial charge in [-0.2, -0.15) is 0 Å². The average molecular weight is 953 g/mol. The smallest absolute Gasteiger partial charge is 0.252 e. The van der Waals surface area contributed by atoms with E-state index in [-0.39, 0.29) is 39.2 Å². The number of rotatable bonds is 3. The van der Waals surface area contributed by atoms with Gasteiger partial charge in [0.25, 0.3) is 6.71 Å². The second kappa shape index (κ2) is 15.1. The van der Waals surface area contributed by atoms with E-state index in [2.05, 4.69) is 191 Å². The van der Waals surface area contributed by atoms with Gasteiger partial charge in [0.2, 0.25) is 0 Å². The van der Waals surface area contributed by atoms with E-state index in [4.69, 9.17) is 0 Å². The minimum atomic E-state index is 0.0699. The van der Waals surface area contributed by atoms with Gasteiger partial charge in [-0.15, -0.1) is 11.3 Å². The fourth-order valence-electron chi connectivity index (χ4n) is 15.1. The number of nitrogens with zero attached hydrogens (tertiary/aromatic N) is 2. The zero-order valence-electron chi connectivity index (χ0n) is 45.4. The topological polar surface area (TPSA) is 6.48 Å². The van der Waals surface area contributed by atoms with Gasteiger partial charge in [-0.3, -0.25) is 0 Å². The minimum absolute atomic E-state index is 0.0699. The van der Waals surface area contributed by atoms with Crippen molar-refractivity contribution in [3.8, 4) is 0 Å². The molecule has 1 fully saturated rings. The van der Waals surface area contributed by atoms with Crippen LogP contribution in [0.15, 0.2) is 91.0 Å². The van der Waals surface area contributed by atoms with Crippen LogP contribution in [0.25, 0.3) is 20.2 Å². The summed E-state index contributed by atoms with van der Waals surface area (Å²) < 4.78 is 2.84. The van der Waals surface area contributed by atoms with Crippen molar-refractivity contribution in [2.45, 2.75) is 199 Å². The number of hydrogen-bond donors (Lipinski definition) is 0. The molecule has 0 bridgehead atoms. The highest BCUT2D eigenvalue weighted by atomic mass is 32.1. The number of hydrogen-bond acceptors (Lipinski definition) is 3. The van der Waals surface area contributed by atoms with Crippen molar-refractivity contribution in [1.82, 2.24) is 0 Å². The third-order valence-corrected chi connectivity index (χ3v) is 21.3. The summed E-state index contributed by atoms with van der Waals surface area (Å²) in [5.74, 6) is 0.542. The molecular weight excluding hydrogens is 876 g/mol. The largest absolute Gasteiger partial charge is 0.311 e. The highest BCUT2D eigenvalue weighted by Crippen LogP contribution is 2.55. The van der Waals surface area contributed by atoms with E-state index in [1.807, 2.05) is 11.3 Å². The lowest BCUT2D eigenvalue weighted by Gasteiger charge is -2.48. The molecule has 13 rings (SSSR count). The number of para-hydroxylation sites is 1. The van der Waals surface area contributed by atoms with Crippen LogP contribution in [0.4, 0.5) is 34.1 Å². The maximum absolute atomic E-state index is 2.79. The third kappa shape index (κ3) is 6.77. The molecule has 0 amide bonds. The van der Waals surface area contributed by atoms with Crippen LogP contribution >= 0.6 is 11.3 Å². The summed E-state index contributed by atoms with van der Waals surface area (Å²) in [5, 5.41) is 2.83. The number of fused-ring (bicyclic) bond motifs is 10. The Bertz CT molecular complexity index is 3400. The first kappa shape index (κ1) is 46.0. The van der Waals surface area contributed by atoms with Crippen LogP contribution in [0.5, 0.6) is 0 Å². The number of benzene rings is 6. The molecule has 2 aliphatic heterocycles. The minimum Gasteiger partial charge on any atom is -0.311 e. The van der Waals surface area contributed by atoms with Crippen LogP contribution in [0.2, 0.25) is 0 Å². The second-order valence-corrected chi connectivity index (χ2v) is 28.7. The van der Waals surface area contributed by atoms with E-state index in [9.17, 15) is 0 Å². The molecule has 0 N–H and O–H groups in total. The second-order valence-electron chi connectivity index (χ2n) is 27.6. The Morgan fingerprint density at radius 1 is 0.437 bits per heavy atom. The highest BCUT2D eigenvalue weighted by molar-refractivity contribution is 7.26. The van der Waals surface area contributed by atoms with Crippen LogP contribution in [0, 0.1) is 6.92 Å². The molecule has 7 aromatic rings. The molecule has 0 atom stereocenters. The number of thiophene rings is 1. The van der Waals surface area contributed by atoms with Gasteiger partial charge >= 0.3 is 0 Å². The maximum atomic E-state index is 2.79. The van der Waals surface area contributed by atoms with E-state index in [1.165, 1.54) is 169 Å². The first-order valence-corrected chi connectivity index (χ1v) is 28.6. The molecule has 0 saturated heterocycles. The zero-order valence-corrected chi connectivity index (χ0v) is 46.2. The van der Waals surface area contributed by atoms with E-state index in [1.54, 1.807) is 16.7 Å². The van der Waals surface area contributed by atoms with Gasteiger partial charge in [0.05, 0.1) is 0 Å². The number of aryl methyl sites for hydroxylation is 1. The van der Waals surface area contributed by atoms with Crippen molar-refractivity contribution >= 4 is 88.7 Å². The van der Waals surface area contributed by atoms with Gasteiger partial charge in [-0.25, -0.2) is 0 Å². The first-order valence-electron chi connectivity index (χ1n) is 27.8. The summed E-state index contributed by atoms with van der Waals surface area (Å²) in [6, 6.07) is 38.4. The first-order chi connectivity index (χ1) is 33.5. The fourth-order valence-corrected chi connectivity index (χ4v) is 16.3. The van der Waals surface area contributed by atoms with Gasteiger partial charge in [-0.05, 0) is 218 Å². The third-order valence-electron chi connectivity index (χ3n) is 20.2. The van der Waals surface area contributed by atoms with Gasteiger partial charge in [0, 0.05) is 54.3 Å². The molecule has 2 nitrogen and oxygen atoms in total. The lowest BCUT2D eigenvalue weighted by molar-refractivity contribution is 0.332. The van der Waals surface area contributed by atoms with E-state index in [0.29, 0.717) is 5.92 Å². The molecule has 6 aromatic carbocycles. The van der Waals surface area contributed by atoms with E-state index < -0.39 is 0 Å². The van der Waals surface area contributed by atoms with Gasteiger partial charge < -0.3 is 9.80 Å².